The summed E-state index contributed by atoms with van der Waals surface area (Å²) in [6, 6.07) is 9.38. The monoisotopic (exact) mass is 246 g/mol. The van der Waals surface area contributed by atoms with E-state index in [2.05, 4.69) is 4.98 Å². The molecular formula is C12H10N2O2S. The van der Waals surface area contributed by atoms with Crippen molar-refractivity contribution >= 4 is 17.4 Å². The van der Waals surface area contributed by atoms with E-state index in [1.54, 1.807) is 10.9 Å². The van der Waals surface area contributed by atoms with Gasteiger partial charge in [0.1, 0.15) is 0 Å². The maximum atomic E-state index is 10.9. The molecule has 0 amide bonds. The van der Waals surface area contributed by atoms with Gasteiger partial charge in [-0.1, -0.05) is 30.3 Å². The van der Waals surface area contributed by atoms with Crippen molar-refractivity contribution in [3.8, 4) is 0 Å². The lowest BCUT2D eigenvalue weighted by Gasteiger charge is -1.98. The summed E-state index contributed by atoms with van der Waals surface area (Å²) in [6.07, 6.45) is 1.83. The Kier molecular flexibility index (Phi) is 3.62. The minimum absolute atomic E-state index is 0.155. The van der Waals surface area contributed by atoms with E-state index in [1.807, 2.05) is 30.3 Å². The number of hydrogen-bond acceptors (Lipinski definition) is 4. The van der Waals surface area contributed by atoms with Crippen LogP contribution in [0.5, 0.6) is 0 Å². The van der Waals surface area contributed by atoms with Crippen LogP contribution in [0.3, 0.4) is 0 Å². The van der Waals surface area contributed by atoms with Crippen LogP contribution in [0.2, 0.25) is 0 Å². The number of rotatable bonds is 4. The molecule has 0 saturated carbocycles. The van der Waals surface area contributed by atoms with Gasteiger partial charge in [-0.05, 0) is 5.56 Å². The second-order valence-electron chi connectivity index (χ2n) is 3.47. The van der Waals surface area contributed by atoms with Gasteiger partial charge in [0.25, 0.3) is 5.70 Å². The molecule has 0 radical (unpaired) electrons. The topological polar surface area (TPSA) is 56.0 Å². The lowest BCUT2D eigenvalue weighted by atomic mass is 10.1. The molecule has 1 aromatic carbocycles. The van der Waals surface area contributed by atoms with Gasteiger partial charge >= 0.3 is 0 Å². The summed E-state index contributed by atoms with van der Waals surface area (Å²) in [6.45, 7) is 0. The van der Waals surface area contributed by atoms with Crippen molar-refractivity contribution in [3.63, 3.8) is 0 Å². The van der Waals surface area contributed by atoms with Crippen molar-refractivity contribution in [2.75, 3.05) is 0 Å². The Hall–Kier alpha value is -2.01. The SMILES string of the molecule is O=[N+]([O-])/C(=C/c1cscn1)Cc1ccccc1. The zero-order chi connectivity index (χ0) is 12.1. The Morgan fingerprint density at radius 2 is 2.18 bits per heavy atom. The normalized spacial score (nSPS) is 11.4. The second-order valence-corrected chi connectivity index (χ2v) is 4.19. The fraction of sp³-hybridized carbons (Fsp3) is 0.0833. The Morgan fingerprint density at radius 1 is 1.41 bits per heavy atom. The van der Waals surface area contributed by atoms with Crippen LogP contribution in [0, 0.1) is 10.1 Å². The van der Waals surface area contributed by atoms with Gasteiger partial charge < -0.3 is 0 Å². The van der Waals surface area contributed by atoms with Gasteiger partial charge in [0, 0.05) is 11.5 Å². The fourth-order valence-electron chi connectivity index (χ4n) is 1.44. The summed E-state index contributed by atoms with van der Waals surface area (Å²) < 4.78 is 0. The number of nitrogens with zero attached hydrogens (tertiary/aromatic N) is 2. The molecule has 0 fully saturated rings. The third-order valence-electron chi connectivity index (χ3n) is 2.23. The molecule has 0 atom stereocenters. The number of aromatic nitrogens is 1. The molecule has 0 spiro atoms. The molecule has 0 N–H and O–H groups in total. The zero-order valence-corrected chi connectivity index (χ0v) is 9.76. The Bertz CT molecular complexity index is 521. The second kappa shape index (κ2) is 5.36. The first-order valence-corrected chi connectivity index (χ1v) is 5.97. The molecule has 2 aromatic rings. The molecule has 4 nitrogen and oxygen atoms in total. The van der Waals surface area contributed by atoms with Crippen LogP contribution in [0.1, 0.15) is 11.3 Å². The van der Waals surface area contributed by atoms with E-state index in [0.29, 0.717) is 12.1 Å². The molecule has 5 heteroatoms. The van der Waals surface area contributed by atoms with Gasteiger partial charge in [0.05, 0.1) is 22.5 Å². The summed E-state index contributed by atoms with van der Waals surface area (Å²) in [4.78, 5) is 14.6. The molecule has 0 aliphatic rings. The Morgan fingerprint density at radius 3 is 2.76 bits per heavy atom. The number of hydrogen-bond donors (Lipinski definition) is 0. The fourth-order valence-corrected chi connectivity index (χ4v) is 1.95. The number of allylic oxidation sites excluding steroid dienone is 1. The summed E-state index contributed by atoms with van der Waals surface area (Å²) in [5.74, 6) is 0. The van der Waals surface area contributed by atoms with E-state index in [9.17, 15) is 10.1 Å². The number of thiazole rings is 1. The summed E-state index contributed by atoms with van der Waals surface area (Å²) in [7, 11) is 0. The molecule has 0 bridgehead atoms. The Labute approximate surface area is 102 Å². The third kappa shape index (κ3) is 3.22. The first-order valence-electron chi connectivity index (χ1n) is 5.03. The van der Waals surface area contributed by atoms with Gasteiger partial charge in [-0.2, -0.15) is 0 Å². The lowest BCUT2D eigenvalue weighted by Crippen LogP contribution is -2.02. The average molecular weight is 246 g/mol. The van der Waals surface area contributed by atoms with Crippen molar-refractivity contribution in [2.24, 2.45) is 0 Å². The van der Waals surface area contributed by atoms with Gasteiger partial charge in [-0.25, -0.2) is 4.98 Å². The maximum Gasteiger partial charge on any atom is 0.252 e. The van der Waals surface area contributed by atoms with Crippen LogP contribution in [0.4, 0.5) is 0 Å². The van der Waals surface area contributed by atoms with E-state index in [0.717, 1.165) is 5.56 Å². The summed E-state index contributed by atoms with van der Waals surface area (Å²) >= 11 is 1.42. The molecule has 1 heterocycles. The first kappa shape index (κ1) is 11.5. The van der Waals surface area contributed by atoms with Crippen molar-refractivity contribution in [1.29, 1.82) is 0 Å². The van der Waals surface area contributed by atoms with Crippen LogP contribution in [0.15, 0.2) is 46.9 Å². The van der Waals surface area contributed by atoms with Crippen LogP contribution >= 0.6 is 11.3 Å². The number of nitro groups is 1. The molecule has 0 saturated heterocycles. The van der Waals surface area contributed by atoms with Crippen molar-refractivity contribution < 1.29 is 4.92 Å². The van der Waals surface area contributed by atoms with Gasteiger partial charge in [0.15, 0.2) is 0 Å². The van der Waals surface area contributed by atoms with Gasteiger partial charge in [0.2, 0.25) is 0 Å². The highest BCUT2D eigenvalue weighted by molar-refractivity contribution is 7.07. The van der Waals surface area contributed by atoms with Gasteiger partial charge in [-0.3, -0.25) is 10.1 Å². The minimum Gasteiger partial charge on any atom is -0.259 e. The van der Waals surface area contributed by atoms with Crippen LogP contribution in [0.25, 0.3) is 6.08 Å². The molecule has 0 aliphatic carbocycles. The molecule has 0 aliphatic heterocycles. The van der Waals surface area contributed by atoms with Crippen LogP contribution < -0.4 is 0 Å². The maximum absolute atomic E-state index is 10.9. The predicted octanol–water partition coefficient (Wildman–Crippen LogP) is 3.00. The summed E-state index contributed by atoms with van der Waals surface area (Å²) in [5, 5.41) is 12.7. The third-order valence-corrected chi connectivity index (χ3v) is 2.83. The first-order chi connectivity index (χ1) is 8.25. The van der Waals surface area contributed by atoms with Crippen LogP contribution in [-0.4, -0.2) is 9.91 Å². The van der Waals surface area contributed by atoms with Crippen molar-refractivity contribution in [2.45, 2.75) is 6.42 Å². The van der Waals surface area contributed by atoms with Crippen LogP contribution in [-0.2, 0) is 6.42 Å². The molecule has 17 heavy (non-hydrogen) atoms. The average Bonchev–Trinajstić information content (AvgIpc) is 2.82. The van der Waals surface area contributed by atoms with Crippen molar-refractivity contribution in [3.05, 3.63) is 68.3 Å². The standard InChI is InChI=1S/C12H10N2O2S/c15-14(16)12(7-11-8-17-9-13-11)6-10-4-2-1-3-5-10/h1-5,7-9H,6H2/b12-7+. The molecule has 1 aromatic heterocycles. The van der Waals surface area contributed by atoms with Gasteiger partial charge in [-0.15, -0.1) is 11.3 Å². The quantitative estimate of drug-likeness (QED) is 0.615. The Balaban J connectivity index is 2.22. The highest BCUT2D eigenvalue weighted by atomic mass is 32.1. The van der Waals surface area contributed by atoms with E-state index in [4.69, 9.17) is 0 Å². The largest absolute Gasteiger partial charge is 0.259 e. The highest BCUT2D eigenvalue weighted by Gasteiger charge is 2.12. The molecule has 0 unspecified atom stereocenters. The van der Waals surface area contributed by atoms with E-state index in [1.165, 1.54) is 17.4 Å². The lowest BCUT2D eigenvalue weighted by molar-refractivity contribution is -0.425. The zero-order valence-electron chi connectivity index (χ0n) is 8.95. The molecule has 86 valence electrons. The van der Waals surface area contributed by atoms with E-state index < -0.39 is 0 Å². The van der Waals surface area contributed by atoms with Crippen molar-refractivity contribution in [1.82, 2.24) is 4.98 Å². The minimum atomic E-state index is -0.355. The number of benzene rings is 1. The van der Waals surface area contributed by atoms with E-state index in [-0.39, 0.29) is 10.6 Å². The van der Waals surface area contributed by atoms with E-state index >= 15 is 0 Å². The summed E-state index contributed by atoms with van der Waals surface area (Å²) in [5.41, 5.74) is 3.37. The molecule has 2 rings (SSSR count). The highest BCUT2D eigenvalue weighted by Crippen LogP contribution is 2.13. The predicted molar refractivity (Wildman–Crippen MR) is 67.2 cm³/mol. The smallest absolute Gasteiger partial charge is 0.252 e. The molecular weight excluding hydrogens is 236 g/mol.